The van der Waals surface area contributed by atoms with E-state index in [9.17, 15) is 14.7 Å². The van der Waals surface area contributed by atoms with E-state index in [1.807, 2.05) is 0 Å². The van der Waals surface area contributed by atoms with Crippen molar-refractivity contribution in [2.75, 3.05) is 6.61 Å². The van der Waals surface area contributed by atoms with Crippen LogP contribution in [0.1, 0.15) is 12.5 Å². The largest absolute Gasteiger partial charge is 0.507 e. The highest BCUT2D eigenvalue weighted by atomic mass is 16.5. The topological polar surface area (TPSA) is 76.7 Å². The highest BCUT2D eigenvalue weighted by Gasteiger charge is 2.09. The summed E-state index contributed by atoms with van der Waals surface area (Å²) in [6, 6.07) is 4.56. The Balaban J connectivity index is 2.46. The van der Waals surface area contributed by atoms with Crippen molar-refractivity contribution in [3.8, 4) is 5.75 Å². The van der Waals surface area contributed by atoms with E-state index in [-0.39, 0.29) is 23.3 Å². The first-order chi connectivity index (χ1) is 9.13. The molecule has 1 aromatic heterocycles. The summed E-state index contributed by atoms with van der Waals surface area (Å²) in [6.45, 7) is 1.95. The fourth-order valence-corrected chi connectivity index (χ4v) is 1.63. The zero-order chi connectivity index (χ0) is 13.8. The molecule has 0 aliphatic carbocycles. The Labute approximate surface area is 108 Å². The van der Waals surface area contributed by atoms with Gasteiger partial charge in [-0.05, 0) is 25.1 Å². The van der Waals surface area contributed by atoms with E-state index in [2.05, 4.69) is 0 Å². The van der Waals surface area contributed by atoms with Crippen molar-refractivity contribution in [3.63, 3.8) is 0 Å². The molecule has 0 aliphatic heterocycles. The van der Waals surface area contributed by atoms with Gasteiger partial charge in [0.25, 0.3) is 0 Å². The predicted molar refractivity (Wildman–Crippen MR) is 69.8 cm³/mol. The molecule has 0 radical (unpaired) electrons. The maximum atomic E-state index is 12.1. The van der Waals surface area contributed by atoms with Gasteiger partial charge in [-0.15, -0.1) is 0 Å². The second-order valence-corrected chi connectivity index (χ2v) is 3.76. The quantitative estimate of drug-likeness (QED) is 0.675. The van der Waals surface area contributed by atoms with Crippen molar-refractivity contribution in [1.82, 2.24) is 0 Å². The van der Waals surface area contributed by atoms with Crippen molar-refractivity contribution in [2.45, 2.75) is 6.92 Å². The highest BCUT2D eigenvalue weighted by molar-refractivity contribution is 5.89. The summed E-state index contributed by atoms with van der Waals surface area (Å²) in [5.74, 6) is -0.697. The highest BCUT2D eigenvalue weighted by Crippen LogP contribution is 2.21. The first kappa shape index (κ1) is 12.9. The SMILES string of the molecule is CCOC(=O)/C=C\c1coc2cccc(O)c2c1=O. The van der Waals surface area contributed by atoms with Crippen LogP contribution >= 0.6 is 0 Å². The summed E-state index contributed by atoms with van der Waals surface area (Å²) in [7, 11) is 0. The number of fused-ring (bicyclic) bond motifs is 1. The summed E-state index contributed by atoms with van der Waals surface area (Å²) in [5.41, 5.74) is 0.0558. The number of esters is 1. The molecule has 0 aliphatic rings. The van der Waals surface area contributed by atoms with Gasteiger partial charge in [0.2, 0.25) is 5.43 Å². The Morgan fingerprint density at radius 1 is 1.47 bits per heavy atom. The third-order valence-electron chi connectivity index (χ3n) is 2.49. The van der Waals surface area contributed by atoms with Crippen molar-refractivity contribution in [3.05, 3.63) is 46.3 Å². The number of hydrogen-bond donors (Lipinski definition) is 1. The minimum atomic E-state index is -0.542. The van der Waals surface area contributed by atoms with Crippen LogP contribution in [0.15, 0.2) is 39.7 Å². The zero-order valence-corrected chi connectivity index (χ0v) is 10.3. The van der Waals surface area contributed by atoms with Crippen LogP contribution in [0, 0.1) is 0 Å². The van der Waals surface area contributed by atoms with Crippen molar-refractivity contribution >= 4 is 23.0 Å². The van der Waals surface area contributed by atoms with Gasteiger partial charge < -0.3 is 14.3 Å². The van der Waals surface area contributed by atoms with Crippen LogP contribution in [-0.2, 0) is 9.53 Å². The molecule has 0 atom stereocenters. The number of carbonyl (C=O) groups excluding carboxylic acids is 1. The minimum Gasteiger partial charge on any atom is -0.507 e. The average Bonchev–Trinajstić information content (AvgIpc) is 2.38. The third-order valence-corrected chi connectivity index (χ3v) is 2.49. The van der Waals surface area contributed by atoms with E-state index < -0.39 is 11.4 Å². The number of hydrogen-bond acceptors (Lipinski definition) is 5. The molecule has 0 fully saturated rings. The van der Waals surface area contributed by atoms with Gasteiger partial charge in [0.05, 0.1) is 12.2 Å². The molecular formula is C14H12O5. The van der Waals surface area contributed by atoms with Gasteiger partial charge in [0.15, 0.2) is 0 Å². The number of phenols is 1. The van der Waals surface area contributed by atoms with Crippen molar-refractivity contribution in [2.24, 2.45) is 0 Å². The molecule has 1 heterocycles. The van der Waals surface area contributed by atoms with Gasteiger partial charge in [-0.25, -0.2) is 4.79 Å². The Kier molecular flexibility index (Phi) is 3.66. The molecule has 5 heteroatoms. The Morgan fingerprint density at radius 3 is 3.00 bits per heavy atom. The molecule has 5 nitrogen and oxygen atoms in total. The number of ether oxygens (including phenoxy) is 1. The third kappa shape index (κ3) is 2.65. The van der Waals surface area contributed by atoms with Crippen molar-refractivity contribution in [1.29, 1.82) is 0 Å². The smallest absolute Gasteiger partial charge is 0.330 e. The molecule has 98 valence electrons. The van der Waals surface area contributed by atoms with E-state index in [1.165, 1.54) is 18.4 Å². The van der Waals surface area contributed by atoms with E-state index in [1.54, 1.807) is 19.1 Å². The van der Waals surface area contributed by atoms with Crippen molar-refractivity contribution < 1.29 is 19.1 Å². The standard InChI is InChI=1S/C14H12O5/c1-2-18-12(16)7-6-9-8-19-11-5-3-4-10(15)13(11)14(9)17/h3-8,15H,2H2,1H3/b7-6-. The molecule has 0 bridgehead atoms. The lowest BCUT2D eigenvalue weighted by Gasteiger charge is -2.00. The molecule has 1 aromatic carbocycles. The molecule has 19 heavy (non-hydrogen) atoms. The zero-order valence-electron chi connectivity index (χ0n) is 10.3. The lowest BCUT2D eigenvalue weighted by Crippen LogP contribution is -2.06. The maximum absolute atomic E-state index is 12.1. The summed E-state index contributed by atoms with van der Waals surface area (Å²) in [5, 5.41) is 9.75. The number of rotatable bonds is 3. The average molecular weight is 260 g/mol. The van der Waals surface area contributed by atoms with Gasteiger partial charge in [0, 0.05) is 6.08 Å². The molecule has 2 aromatic rings. The summed E-state index contributed by atoms with van der Waals surface area (Å²) in [4.78, 5) is 23.3. The molecule has 0 spiro atoms. The maximum Gasteiger partial charge on any atom is 0.330 e. The van der Waals surface area contributed by atoms with Gasteiger partial charge in [0.1, 0.15) is 23.0 Å². The van der Waals surface area contributed by atoms with Crippen LogP contribution in [0.3, 0.4) is 0 Å². The van der Waals surface area contributed by atoms with Crippen LogP contribution in [0.25, 0.3) is 17.0 Å². The predicted octanol–water partition coefficient (Wildman–Crippen LogP) is 2.07. The fraction of sp³-hybridized carbons (Fsp3) is 0.143. The number of carbonyl (C=O) groups is 1. The number of benzene rings is 1. The molecule has 0 saturated carbocycles. The lowest BCUT2D eigenvalue weighted by atomic mass is 10.1. The van der Waals surface area contributed by atoms with E-state index in [4.69, 9.17) is 9.15 Å². The van der Waals surface area contributed by atoms with Crippen LogP contribution in [0.4, 0.5) is 0 Å². The first-order valence-corrected chi connectivity index (χ1v) is 5.71. The number of phenolic OH excluding ortho intramolecular Hbond substituents is 1. The second kappa shape index (κ2) is 5.39. The van der Waals surface area contributed by atoms with Gasteiger partial charge >= 0.3 is 5.97 Å². The summed E-state index contributed by atoms with van der Waals surface area (Å²) >= 11 is 0. The molecule has 0 amide bonds. The van der Waals surface area contributed by atoms with E-state index in [0.717, 1.165) is 6.08 Å². The minimum absolute atomic E-state index is 0.0912. The van der Waals surface area contributed by atoms with E-state index in [0.29, 0.717) is 5.58 Å². The Hall–Kier alpha value is -2.56. The van der Waals surface area contributed by atoms with Gasteiger partial charge in [-0.1, -0.05) is 6.07 Å². The molecule has 0 saturated heterocycles. The first-order valence-electron chi connectivity index (χ1n) is 5.71. The summed E-state index contributed by atoms with van der Waals surface area (Å²) < 4.78 is 9.94. The van der Waals surface area contributed by atoms with Gasteiger partial charge in [-0.3, -0.25) is 4.79 Å². The second-order valence-electron chi connectivity index (χ2n) is 3.76. The summed E-state index contributed by atoms with van der Waals surface area (Å²) in [6.07, 6.45) is 3.68. The van der Waals surface area contributed by atoms with Gasteiger partial charge in [-0.2, -0.15) is 0 Å². The fourth-order valence-electron chi connectivity index (χ4n) is 1.63. The monoisotopic (exact) mass is 260 g/mol. The normalized spacial score (nSPS) is 11.0. The Morgan fingerprint density at radius 2 is 2.26 bits per heavy atom. The Bertz CT molecular complexity index is 697. The molecule has 2 rings (SSSR count). The molecular weight excluding hydrogens is 248 g/mol. The van der Waals surface area contributed by atoms with Crippen LogP contribution in [0.2, 0.25) is 0 Å². The lowest BCUT2D eigenvalue weighted by molar-refractivity contribution is -0.137. The van der Waals surface area contributed by atoms with E-state index >= 15 is 0 Å². The van der Waals surface area contributed by atoms with Crippen LogP contribution in [-0.4, -0.2) is 17.7 Å². The van der Waals surface area contributed by atoms with Crippen LogP contribution in [0.5, 0.6) is 5.75 Å². The number of aromatic hydroxyl groups is 1. The molecule has 0 unspecified atom stereocenters. The molecule has 1 N–H and O–H groups in total. The van der Waals surface area contributed by atoms with Crippen LogP contribution < -0.4 is 5.43 Å².